The van der Waals surface area contributed by atoms with Gasteiger partial charge in [-0.3, -0.25) is 14.3 Å². The number of benzene rings is 2. The second-order valence-electron chi connectivity index (χ2n) is 9.10. The molecule has 182 valence electrons. The quantitative estimate of drug-likeness (QED) is 0.455. The molecule has 3 heterocycles. The number of rotatable bonds is 8. The predicted octanol–water partition coefficient (Wildman–Crippen LogP) is 1.45. The van der Waals surface area contributed by atoms with E-state index < -0.39 is 12.1 Å². The number of amides is 2. The van der Waals surface area contributed by atoms with Gasteiger partial charge >= 0.3 is 0 Å². The fourth-order valence-corrected chi connectivity index (χ4v) is 4.91. The molecule has 0 radical (unpaired) electrons. The number of carbonyl (C=O) groups is 2. The van der Waals surface area contributed by atoms with E-state index in [-0.39, 0.29) is 23.6 Å². The number of fused-ring (bicyclic) bond motifs is 1. The molecule has 2 saturated heterocycles. The van der Waals surface area contributed by atoms with Gasteiger partial charge in [0.05, 0.1) is 13.7 Å². The number of methoxy groups -OCH3 is 1. The van der Waals surface area contributed by atoms with E-state index >= 15 is 0 Å². The number of aromatic hydroxyl groups is 1. The van der Waals surface area contributed by atoms with Crippen molar-refractivity contribution in [1.82, 2.24) is 25.3 Å². The topological polar surface area (TPSA) is 109 Å². The highest BCUT2D eigenvalue weighted by atomic mass is 16.5. The third-order valence-corrected chi connectivity index (χ3v) is 6.71. The zero-order valence-electron chi connectivity index (χ0n) is 19.6. The summed E-state index contributed by atoms with van der Waals surface area (Å²) in [7, 11) is 1.66. The van der Waals surface area contributed by atoms with Crippen LogP contribution in [0.5, 0.6) is 11.5 Å². The summed E-state index contributed by atoms with van der Waals surface area (Å²) in [5.41, 5.74) is 3.02. The Morgan fingerprint density at radius 3 is 2.71 bits per heavy atom. The van der Waals surface area contributed by atoms with Gasteiger partial charge < -0.3 is 25.4 Å². The average molecular weight is 476 g/mol. The van der Waals surface area contributed by atoms with Gasteiger partial charge in [-0.15, -0.1) is 0 Å². The molecule has 0 bridgehead atoms. The molecule has 9 heteroatoms. The lowest BCUT2D eigenvalue weighted by atomic mass is 10.0. The molecule has 2 aliphatic heterocycles. The van der Waals surface area contributed by atoms with Crippen LogP contribution in [0.25, 0.3) is 0 Å². The monoisotopic (exact) mass is 475 g/mol. The molecule has 2 amide bonds. The number of piperazine rings is 1. The molecule has 3 atom stereocenters. The fourth-order valence-electron chi connectivity index (χ4n) is 4.91. The highest BCUT2D eigenvalue weighted by Gasteiger charge is 2.46. The molecule has 3 aromatic rings. The van der Waals surface area contributed by atoms with E-state index in [2.05, 4.69) is 21.8 Å². The minimum absolute atomic E-state index is 0.0267. The zero-order valence-corrected chi connectivity index (χ0v) is 19.6. The second-order valence-corrected chi connectivity index (χ2v) is 9.10. The van der Waals surface area contributed by atoms with Crippen LogP contribution in [-0.4, -0.2) is 63.4 Å². The standard InChI is InChI=1S/C26H29N5O4/c1-35-24-8-5-18(11-19(24)15-30-10-2-9-28-30)14-27-20-13-23-25(33)29-22(26(34)31(23)16-20)12-17-3-6-21(32)7-4-17/h2-11,20,22-23,27,32H,12-16H2,1H3,(H,29,33)/t20-,22+,23-/m0/s1. The van der Waals surface area contributed by atoms with Crippen LogP contribution in [0.15, 0.2) is 60.9 Å². The molecular formula is C26H29N5O4. The van der Waals surface area contributed by atoms with Gasteiger partial charge in [-0.1, -0.05) is 18.2 Å². The summed E-state index contributed by atoms with van der Waals surface area (Å²) in [5.74, 6) is 0.817. The maximum absolute atomic E-state index is 13.1. The predicted molar refractivity (Wildman–Crippen MR) is 129 cm³/mol. The molecule has 1 aromatic heterocycles. The molecule has 0 spiro atoms. The van der Waals surface area contributed by atoms with Gasteiger partial charge in [0.1, 0.15) is 23.6 Å². The minimum atomic E-state index is -0.589. The van der Waals surface area contributed by atoms with Gasteiger partial charge in [0, 0.05) is 43.5 Å². The molecule has 5 rings (SSSR count). The first-order chi connectivity index (χ1) is 17.0. The Labute approximate surface area is 203 Å². The highest BCUT2D eigenvalue weighted by molar-refractivity contribution is 5.97. The maximum atomic E-state index is 13.1. The van der Waals surface area contributed by atoms with Gasteiger partial charge in [0.15, 0.2) is 0 Å². The lowest BCUT2D eigenvalue weighted by Crippen LogP contribution is -2.61. The van der Waals surface area contributed by atoms with Gasteiger partial charge in [-0.2, -0.15) is 5.10 Å². The van der Waals surface area contributed by atoms with E-state index in [1.807, 2.05) is 29.1 Å². The molecule has 2 aromatic carbocycles. The lowest BCUT2D eigenvalue weighted by molar-refractivity contribution is -0.147. The molecule has 0 aliphatic carbocycles. The summed E-state index contributed by atoms with van der Waals surface area (Å²) in [6.45, 7) is 1.73. The van der Waals surface area contributed by atoms with Crippen LogP contribution >= 0.6 is 0 Å². The average Bonchev–Trinajstić information content (AvgIpc) is 3.53. The van der Waals surface area contributed by atoms with Gasteiger partial charge in [-0.05, 0) is 47.9 Å². The molecule has 3 N–H and O–H groups in total. The van der Waals surface area contributed by atoms with Crippen LogP contribution in [0, 0.1) is 0 Å². The molecule has 2 fully saturated rings. The molecule has 0 unspecified atom stereocenters. The Bertz CT molecular complexity index is 1190. The zero-order chi connectivity index (χ0) is 24.4. The van der Waals surface area contributed by atoms with E-state index in [9.17, 15) is 14.7 Å². The van der Waals surface area contributed by atoms with E-state index in [0.29, 0.717) is 32.5 Å². The third kappa shape index (κ3) is 5.00. The molecule has 35 heavy (non-hydrogen) atoms. The number of hydrogen-bond donors (Lipinski definition) is 3. The lowest BCUT2D eigenvalue weighted by Gasteiger charge is -2.34. The van der Waals surface area contributed by atoms with Crippen LogP contribution in [-0.2, 0) is 29.1 Å². The van der Waals surface area contributed by atoms with Gasteiger partial charge in [0.25, 0.3) is 0 Å². The fraction of sp³-hybridized carbons (Fsp3) is 0.346. The number of aromatic nitrogens is 2. The summed E-state index contributed by atoms with van der Waals surface area (Å²) >= 11 is 0. The minimum Gasteiger partial charge on any atom is -0.508 e. The first kappa shape index (κ1) is 22.9. The highest BCUT2D eigenvalue weighted by Crippen LogP contribution is 2.25. The second kappa shape index (κ2) is 9.79. The Kier molecular flexibility index (Phi) is 6.41. The summed E-state index contributed by atoms with van der Waals surface area (Å²) in [4.78, 5) is 27.6. The van der Waals surface area contributed by atoms with Crippen LogP contribution in [0.3, 0.4) is 0 Å². The first-order valence-electron chi connectivity index (χ1n) is 11.8. The normalized spacial score (nSPS) is 21.6. The summed E-state index contributed by atoms with van der Waals surface area (Å²) < 4.78 is 7.36. The number of phenols is 1. The Balaban J connectivity index is 1.21. The number of ether oxygens (including phenoxy) is 1. The van der Waals surface area contributed by atoms with Crippen LogP contribution < -0.4 is 15.4 Å². The number of nitrogens with zero attached hydrogens (tertiary/aromatic N) is 3. The molecule has 9 nitrogen and oxygen atoms in total. The van der Waals surface area contributed by atoms with E-state index in [0.717, 1.165) is 22.4 Å². The smallest absolute Gasteiger partial charge is 0.246 e. The molecule has 0 saturated carbocycles. The van der Waals surface area contributed by atoms with Crippen LogP contribution in [0.2, 0.25) is 0 Å². The number of carbonyl (C=O) groups excluding carboxylic acids is 2. The Morgan fingerprint density at radius 2 is 1.97 bits per heavy atom. The van der Waals surface area contributed by atoms with E-state index in [1.165, 1.54) is 0 Å². The summed E-state index contributed by atoms with van der Waals surface area (Å²) in [6.07, 6.45) is 4.65. The van der Waals surface area contributed by atoms with Crippen molar-refractivity contribution >= 4 is 11.8 Å². The van der Waals surface area contributed by atoms with Gasteiger partial charge in [0.2, 0.25) is 11.8 Å². The van der Waals surface area contributed by atoms with E-state index in [4.69, 9.17) is 4.74 Å². The Hall–Kier alpha value is -3.85. The van der Waals surface area contributed by atoms with E-state index in [1.54, 1.807) is 42.5 Å². The molecular weight excluding hydrogens is 446 g/mol. The third-order valence-electron chi connectivity index (χ3n) is 6.71. The summed E-state index contributed by atoms with van der Waals surface area (Å²) in [5, 5.41) is 20.2. The van der Waals surface area contributed by atoms with Gasteiger partial charge in [-0.25, -0.2) is 0 Å². The molecule has 2 aliphatic rings. The van der Waals surface area contributed by atoms with Crippen molar-refractivity contribution in [2.45, 2.75) is 44.1 Å². The SMILES string of the molecule is COc1ccc(CN[C@H]2C[C@H]3C(=O)N[C@H](Cc4ccc(O)cc4)C(=O)N3C2)cc1Cn1cccn1. The Morgan fingerprint density at radius 1 is 1.17 bits per heavy atom. The largest absolute Gasteiger partial charge is 0.508 e. The van der Waals surface area contributed by atoms with Crippen molar-refractivity contribution in [1.29, 1.82) is 0 Å². The van der Waals surface area contributed by atoms with Crippen LogP contribution in [0.4, 0.5) is 0 Å². The van der Waals surface area contributed by atoms with Crippen molar-refractivity contribution in [2.75, 3.05) is 13.7 Å². The van der Waals surface area contributed by atoms with Crippen molar-refractivity contribution in [3.63, 3.8) is 0 Å². The van der Waals surface area contributed by atoms with Crippen LogP contribution in [0.1, 0.15) is 23.1 Å². The summed E-state index contributed by atoms with van der Waals surface area (Å²) in [6, 6.07) is 13.7. The van der Waals surface area contributed by atoms with Crippen molar-refractivity contribution in [2.24, 2.45) is 0 Å². The first-order valence-corrected chi connectivity index (χ1v) is 11.8. The number of hydrogen-bond acceptors (Lipinski definition) is 6. The maximum Gasteiger partial charge on any atom is 0.246 e. The number of nitrogens with one attached hydrogen (secondary N) is 2. The number of phenolic OH excluding ortho intramolecular Hbond substituents is 1. The van der Waals surface area contributed by atoms with Crippen molar-refractivity contribution < 1.29 is 19.4 Å². The van der Waals surface area contributed by atoms with Crippen molar-refractivity contribution in [3.8, 4) is 11.5 Å². The van der Waals surface area contributed by atoms with Crippen molar-refractivity contribution in [3.05, 3.63) is 77.6 Å².